The zero-order valence-electron chi connectivity index (χ0n) is 15.4. The molecule has 2 fully saturated rings. The zero-order valence-corrected chi connectivity index (χ0v) is 17.7. The van der Waals surface area contributed by atoms with Crippen LogP contribution in [0.2, 0.25) is 0 Å². The number of carbonyl (C=O) groups is 1. The van der Waals surface area contributed by atoms with Gasteiger partial charge in [0.15, 0.2) is 5.96 Å². The third-order valence-electron chi connectivity index (χ3n) is 4.58. The van der Waals surface area contributed by atoms with Gasteiger partial charge in [0, 0.05) is 19.1 Å². The zero-order chi connectivity index (χ0) is 17.5. The monoisotopic (exact) mass is 475 g/mol. The Morgan fingerprint density at radius 2 is 2.12 bits per heavy atom. The third-order valence-corrected chi connectivity index (χ3v) is 4.58. The molecule has 1 aliphatic carbocycles. The first kappa shape index (κ1) is 21.0. The summed E-state index contributed by atoms with van der Waals surface area (Å²) in [6.45, 7) is 5.80. The number of likely N-dealkylation sites (tertiary alicyclic amines) is 1. The first-order valence-corrected chi connectivity index (χ1v) is 9.35. The molecule has 7 nitrogen and oxygen atoms in total. The van der Waals surface area contributed by atoms with E-state index in [1.54, 1.807) is 6.26 Å². The molecule has 1 atom stereocenters. The van der Waals surface area contributed by atoms with E-state index in [-0.39, 0.29) is 42.5 Å². The molecular weight excluding hydrogens is 445 g/mol. The van der Waals surface area contributed by atoms with Gasteiger partial charge in [0.05, 0.1) is 12.3 Å². The summed E-state index contributed by atoms with van der Waals surface area (Å²) < 4.78 is 5.64. The van der Waals surface area contributed by atoms with Crippen molar-refractivity contribution in [2.75, 3.05) is 32.7 Å². The quantitative estimate of drug-likeness (QED) is 0.304. The van der Waals surface area contributed by atoms with E-state index in [1.807, 2.05) is 19.1 Å². The molecule has 1 aromatic rings. The summed E-state index contributed by atoms with van der Waals surface area (Å²) >= 11 is 0. The lowest BCUT2D eigenvalue weighted by Crippen LogP contribution is -2.43. The minimum Gasteiger partial charge on any atom is -0.468 e. The number of rotatable bonds is 8. The minimum absolute atomic E-state index is 0. The highest BCUT2D eigenvalue weighted by Crippen LogP contribution is 2.24. The molecule has 1 amide bonds. The van der Waals surface area contributed by atoms with Crippen LogP contribution in [0.15, 0.2) is 27.8 Å². The first-order valence-electron chi connectivity index (χ1n) is 9.35. The number of halogens is 1. The van der Waals surface area contributed by atoms with Gasteiger partial charge >= 0.3 is 0 Å². The van der Waals surface area contributed by atoms with Gasteiger partial charge in [0.2, 0.25) is 5.91 Å². The summed E-state index contributed by atoms with van der Waals surface area (Å²) in [6, 6.07) is 4.51. The summed E-state index contributed by atoms with van der Waals surface area (Å²) in [5.41, 5.74) is 0. The smallest absolute Gasteiger partial charge is 0.242 e. The van der Waals surface area contributed by atoms with E-state index in [0.29, 0.717) is 18.5 Å². The van der Waals surface area contributed by atoms with Crippen LogP contribution in [0.25, 0.3) is 0 Å². The maximum absolute atomic E-state index is 11.8. The largest absolute Gasteiger partial charge is 0.468 e. The van der Waals surface area contributed by atoms with E-state index >= 15 is 0 Å². The second-order valence-electron chi connectivity index (χ2n) is 6.69. The Bertz CT molecular complexity index is 568. The van der Waals surface area contributed by atoms with Gasteiger partial charge in [-0.3, -0.25) is 9.69 Å². The molecule has 1 saturated carbocycles. The molecule has 26 heavy (non-hydrogen) atoms. The van der Waals surface area contributed by atoms with Crippen molar-refractivity contribution in [2.45, 2.75) is 44.7 Å². The maximum atomic E-state index is 11.8. The van der Waals surface area contributed by atoms with Crippen molar-refractivity contribution in [2.24, 2.45) is 4.99 Å². The minimum atomic E-state index is -0.0122. The van der Waals surface area contributed by atoms with Gasteiger partial charge in [-0.05, 0) is 57.8 Å². The molecule has 0 aromatic carbocycles. The Hall–Kier alpha value is -1.29. The fourth-order valence-corrected chi connectivity index (χ4v) is 3.13. The van der Waals surface area contributed by atoms with Crippen molar-refractivity contribution >= 4 is 35.8 Å². The number of hydrogen-bond donors (Lipinski definition) is 3. The number of amides is 1. The summed E-state index contributed by atoms with van der Waals surface area (Å²) in [5.74, 6) is 1.63. The van der Waals surface area contributed by atoms with Crippen molar-refractivity contribution in [3.63, 3.8) is 0 Å². The number of nitrogens with one attached hydrogen (secondary N) is 3. The van der Waals surface area contributed by atoms with Gasteiger partial charge in [-0.25, -0.2) is 4.99 Å². The Kier molecular flexibility index (Phi) is 8.70. The number of guanidine groups is 1. The fraction of sp³-hybridized carbons (Fsp3) is 0.667. The standard InChI is InChI=1S/C18H29N5O2.HI/c1-2-19-18(21-13-17(24)22-14-7-8-14)20-12-15(16-6-5-11-25-16)23-9-3-4-10-23;/h5-6,11,14-15H,2-4,7-10,12-13H2,1H3,(H,22,24)(H2,19,20,21);1H. The molecule has 8 heteroatoms. The van der Waals surface area contributed by atoms with Crippen molar-refractivity contribution in [3.8, 4) is 0 Å². The average Bonchev–Trinajstić information content (AvgIpc) is 3.08. The molecule has 2 heterocycles. The van der Waals surface area contributed by atoms with Crippen LogP contribution in [0.1, 0.15) is 44.4 Å². The summed E-state index contributed by atoms with van der Waals surface area (Å²) in [6.07, 6.45) is 6.36. The molecular formula is C18H30IN5O2. The first-order chi connectivity index (χ1) is 12.3. The Morgan fingerprint density at radius 3 is 2.73 bits per heavy atom. The number of carbonyl (C=O) groups excluding carboxylic acids is 1. The number of nitrogens with zero attached hydrogens (tertiary/aromatic N) is 2. The lowest BCUT2D eigenvalue weighted by Gasteiger charge is -2.26. The average molecular weight is 475 g/mol. The number of aliphatic imine (C=N–C) groups is 1. The molecule has 146 valence electrons. The highest BCUT2D eigenvalue weighted by molar-refractivity contribution is 14.0. The summed E-state index contributed by atoms with van der Waals surface area (Å²) in [5, 5.41) is 9.53. The third kappa shape index (κ3) is 6.46. The molecule has 1 saturated heterocycles. The predicted molar refractivity (Wildman–Crippen MR) is 113 cm³/mol. The topological polar surface area (TPSA) is 81.9 Å². The van der Waals surface area contributed by atoms with Crippen molar-refractivity contribution in [1.29, 1.82) is 0 Å². The van der Waals surface area contributed by atoms with E-state index in [9.17, 15) is 4.79 Å². The van der Waals surface area contributed by atoms with Crippen LogP contribution in [-0.4, -0.2) is 55.5 Å². The van der Waals surface area contributed by atoms with E-state index in [1.165, 1.54) is 12.8 Å². The lowest BCUT2D eigenvalue weighted by atomic mass is 10.2. The van der Waals surface area contributed by atoms with E-state index in [2.05, 4.69) is 25.8 Å². The highest BCUT2D eigenvalue weighted by atomic mass is 127. The van der Waals surface area contributed by atoms with Crippen LogP contribution in [0.3, 0.4) is 0 Å². The van der Waals surface area contributed by atoms with E-state index in [0.717, 1.165) is 38.2 Å². The predicted octanol–water partition coefficient (Wildman–Crippen LogP) is 1.87. The second-order valence-corrected chi connectivity index (χ2v) is 6.69. The van der Waals surface area contributed by atoms with Crippen LogP contribution in [0.5, 0.6) is 0 Å². The molecule has 2 aliphatic rings. The Balaban J connectivity index is 0.00000243. The summed E-state index contributed by atoms with van der Waals surface area (Å²) in [7, 11) is 0. The van der Waals surface area contributed by atoms with Gasteiger partial charge in [-0.1, -0.05) is 0 Å². The van der Waals surface area contributed by atoms with Gasteiger partial charge in [0.25, 0.3) is 0 Å². The molecule has 0 radical (unpaired) electrons. The molecule has 1 aromatic heterocycles. The SMILES string of the molecule is CCNC(=NCC(=O)NC1CC1)NCC(c1ccco1)N1CCCC1.I. The molecule has 1 unspecified atom stereocenters. The van der Waals surface area contributed by atoms with Crippen LogP contribution in [0, 0.1) is 0 Å². The molecule has 3 N–H and O–H groups in total. The van der Waals surface area contributed by atoms with Gasteiger partial charge in [-0.2, -0.15) is 0 Å². The van der Waals surface area contributed by atoms with Gasteiger partial charge in [0.1, 0.15) is 12.3 Å². The lowest BCUT2D eigenvalue weighted by molar-refractivity contribution is -0.119. The van der Waals surface area contributed by atoms with E-state index in [4.69, 9.17) is 4.42 Å². The highest BCUT2D eigenvalue weighted by Gasteiger charge is 2.26. The normalized spacial score (nSPS) is 18.9. The molecule has 0 spiro atoms. The van der Waals surface area contributed by atoms with Crippen molar-refractivity contribution in [1.82, 2.24) is 20.9 Å². The summed E-state index contributed by atoms with van der Waals surface area (Å²) in [4.78, 5) is 18.7. The van der Waals surface area contributed by atoms with E-state index < -0.39 is 0 Å². The van der Waals surface area contributed by atoms with Crippen molar-refractivity contribution < 1.29 is 9.21 Å². The van der Waals surface area contributed by atoms with Crippen molar-refractivity contribution in [3.05, 3.63) is 24.2 Å². The Labute approximate surface area is 172 Å². The van der Waals surface area contributed by atoms with Crippen LogP contribution >= 0.6 is 24.0 Å². The Morgan fingerprint density at radius 1 is 1.35 bits per heavy atom. The number of furan rings is 1. The van der Waals surface area contributed by atoms with Gasteiger partial charge < -0.3 is 20.4 Å². The van der Waals surface area contributed by atoms with Crippen LogP contribution < -0.4 is 16.0 Å². The van der Waals surface area contributed by atoms with Crippen LogP contribution in [-0.2, 0) is 4.79 Å². The maximum Gasteiger partial charge on any atom is 0.242 e. The van der Waals surface area contributed by atoms with Gasteiger partial charge in [-0.15, -0.1) is 24.0 Å². The number of hydrogen-bond acceptors (Lipinski definition) is 4. The molecule has 3 rings (SSSR count). The second kappa shape index (κ2) is 10.8. The van der Waals surface area contributed by atoms with Crippen LogP contribution in [0.4, 0.5) is 0 Å². The molecule has 0 bridgehead atoms. The molecule has 1 aliphatic heterocycles. The fourth-order valence-electron chi connectivity index (χ4n) is 3.13.